The molecule has 1 aliphatic carbocycles. The number of hydrogen-bond donors (Lipinski definition) is 4. The molecule has 0 radical (unpaired) electrons. The maximum absolute atomic E-state index is 12.4. The number of halogens is 1. The molecule has 2 aliphatic rings. The van der Waals surface area contributed by atoms with Crippen LogP contribution in [0, 0.1) is 5.92 Å². The maximum atomic E-state index is 12.4. The third-order valence-electron chi connectivity index (χ3n) is 5.44. The SMILES string of the molecule is O=C(Nc1ccc2ccccc2c1)NC1NC(Cl)CC(C2CCCC2)N1. The zero-order chi connectivity index (χ0) is 17.9. The van der Waals surface area contributed by atoms with Crippen molar-refractivity contribution < 1.29 is 4.79 Å². The molecular formula is C20H25ClN4O. The summed E-state index contributed by atoms with van der Waals surface area (Å²) in [5.41, 5.74) is 0.639. The number of alkyl halides is 1. The molecule has 0 spiro atoms. The van der Waals surface area contributed by atoms with Gasteiger partial charge >= 0.3 is 6.03 Å². The minimum Gasteiger partial charge on any atom is -0.310 e. The molecule has 2 amide bonds. The van der Waals surface area contributed by atoms with Crippen LogP contribution in [0.2, 0.25) is 0 Å². The first-order valence-electron chi connectivity index (χ1n) is 9.40. The minimum atomic E-state index is -0.322. The summed E-state index contributed by atoms with van der Waals surface area (Å²) < 4.78 is 0. The van der Waals surface area contributed by atoms with Gasteiger partial charge in [0.2, 0.25) is 0 Å². The first kappa shape index (κ1) is 17.6. The Morgan fingerprint density at radius 3 is 2.62 bits per heavy atom. The van der Waals surface area contributed by atoms with Crippen molar-refractivity contribution in [3.8, 4) is 0 Å². The number of carbonyl (C=O) groups excluding carboxylic acids is 1. The highest BCUT2D eigenvalue weighted by atomic mass is 35.5. The van der Waals surface area contributed by atoms with E-state index in [0.717, 1.165) is 22.9 Å². The van der Waals surface area contributed by atoms with Crippen molar-refractivity contribution in [1.82, 2.24) is 16.0 Å². The Labute approximate surface area is 158 Å². The fourth-order valence-electron chi connectivity index (χ4n) is 4.14. The van der Waals surface area contributed by atoms with Gasteiger partial charge in [-0.05, 0) is 48.1 Å². The number of nitrogens with one attached hydrogen (secondary N) is 4. The molecule has 5 nitrogen and oxygen atoms in total. The van der Waals surface area contributed by atoms with Gasteiger partial charge in [-0.1, -0.05) is 43.2 Å². The van der Waals surface area contributed by atoms with Crippen molar-refractivity contribution in [3.63, 3.8) is 0 Å². The van der Waals surface area contributed by atoms with Crippen LogP contribution >= 0.6 is 11.6 Å². The predicted octanol–water partition coefficient (Wildman–Crippen LogP) is 3.95. The topological polar surface area (TPSA) is 65.2 Å². The summed E-state index contributed by atoms with van der Waals surface area (Å²) in [6, 6.07) is 14.1. The second-order valence-corrected chi connectivity index (χ2v) is 7.81. The van der Waals surface area contributed by atoms with E-state index >= 15 is 0 Å². The molecule has 4 N–H and O–H groups in total. The molecule has 2 aromatic carbocycles. The zero-order valence-electron chi connectivity index (χ0n) is 14.7. The molecule has 4 rings (SSSR count). The number of urea groups is 1. The number of anilines is 1. The van der Waals surface area contributed by atoms with E-state index in [9.17, 15) is 4.79 Å². The van der Waals surface area contributed by atoms with Crippen molar-refractivity contribution >= 4 is 34.1 Å². The van der Waals surface area contributed by atoms with Gasteiger partial charge in [-0.15, -0.1) is 11.6 Å². The molecule has 0 aromatic heterocycles. The van der Waals surface area contributed by atoms with Gasteiger partial charge in [-0.3, -0.25) is 10.6 Å². The molecule has 1 aliphatic heterocycles. The third-order valence-corrected chi connectivity index (χ3v) is 5.74. The number of benzene rings is 2. The lowest BCUT2D eigenvalue weighted by Gasteiger charge is -2.38. The van der Waals surface area contributed by atoms with Crippen LogP contribution in [0.5, 0.6) is 0 Å². The Kier molecular flexibility index (Phi) is 5.29. The van der Waals surface area contributed by atoms with Gasteiger partial charge in [0.15, 0.2) is 0 Å². The van der Waals surface area contributed by atoms with E-state index < -0.39 is 0 Å². The molecular weight excluding hydrogens is 348 g/mol. The Bertz CT molecular complexity index is 777. The van der Waals surface area contributed by atoms with Gasteiger partial charge in [0, 0.05) is 11.7 Å². The first-order chi connectivity index (χ1) is 12.7. The van der Waals surface area contributed by atoms with Crippen LogP contribution in [0.1, 0.15) is 32.1 Å². The molecule has 138 valence electrons. The van der Waals surface area contributed by atoms with Crippen molar-refractivity contribution in [1.29, 1.82) is 0 Å². The number of carbonyl (C=O) groups is 1. The molecule has 1 heterocycles. The molecule has 26 heavy (non-hydrogen) atoms. The minimum absolute atomic E-state index is 0.132. The van der Waals surface area contributed by atoms with Gasteiger partial charge in [0.05, 0.1) is 5.50 Å². The number of rotatable bonds is 3. The fourth-order valence-corrected chi connectivity index (χ4v) is 4.46. The van der Waals surface area contributed by atoms with Crippen LogP contribution in [0.25, 0.3) is 10.8 Å². The second-order valence-electron chi connectivity index (χ2n) is 7.28. The van der Waals surface area contributed by atoms with Crippen LogP contribution < -0.4 is 21.3 Å². The van der Waals surface area contributed by atoms with Gasteiger partial charge in [-0.25, -0.2) is 4.79 Å². The quantitative estimate of drug-likeness (QED) is 0.487. The zero-order valence-corrected chi connectivity index (χ0v) is 15.4. The van der Waals surface area contributed by atoms with E-state index in [1.54, 1.807) is 0 Å². The van der Waals surface area contributed by atoms with E-state index in [1.807, 2.05) is 36.4 Å². The number of fused-ring (bicyclic) bond motifs is 1. The summed E-state index contributed by atoms with van der Waals surface area (Å²) in [4.78, 5) is 12.4. The molecule has 0 bridgehead atoms. The molecule has 1 saturated heterocycles. The first-order valence-corrected chi connectivity index (χ1v) is 9.83. The normalized spacial score (nSPS) is 26.7. The molecule has 3 atom stereocenters. The van der Waals surface area contributed by atoms with E-state index in [-0.39, 0.29) is 17.8 Å². The van der Waals surface area contributed by atoms with Gasteiger partial charge in [-0.2, -0.15) is 0 Å². The highest BCUT2D eigenvalue weighted by Crippen LogP contribution is 2.31. The smallest absolute Gasteiger partial charge is 0.310 e. The van der Waals surface area contributed by atoms with Crippen molar-refractivity contribution in [2.24, 2.45) is 5.92 Å². The number of hydrogen-bond acceptors (Lipinski definition) is 3. The summed E-state index contributed by atoms with van der Waals surface area (Å²) in [6.07, 6.45) is 5.65. The predicted molar refractivity (Wildman–Crippen MR) is 106 cm³/mol. The lowest BCUT2D eigenvalue weighted by atomic mass is 9.94. The Hall–Kier alpha value is -1.82. The molecule has 3 unspecified atom stereocenters. The standard InChI is InChI=1S/C20H25ClN4O/c21-18-12-17(14-6-2-3-7-14)23-19(24-18)25-20(26)22-16-10-9-13-5-1-4-8-15(13)11-16/h1,4-5,8-11,14,17-19,23-24H,2-3,6-7,12H2,(H2,22,25,26). The molecule has 2 fully saturated rings. The van der Waals surface area contributed by atoms with Crippen molar-refractivity contribution in [2.45, 2.75) is 49.9 Å². The van der Waals surface area contributed by atoms with Crippen LogP contribution in [-0.2, 0) is 0 Å². The summed E-state index contributed by atoms with van der Waals surface area (Å²) in [7, 11) is 0. The monoisotopic (exact) mass is 372 g/mol. The summed E-state index contributed by atoms with van der Waals surface area (Å²) in [5, 5.41) is 14.8. The average Bonchev–Trinajstić information content (AvgIpc) is 3.16. The maximum Gasteiger partial charge on any atom is 0.321 e. The van der Waals surface area contributed by atoms with Crippen molar-refractivity contribution in [3.05, 3.63) is 42.5 Å². The largest absolute Gasteiger partial charge is 0.321 e. The third kappa shape index (κ3) is 4.11. The van der Waals surface area contributed by atoms with Gasteiger partial charge < -0.3 is 10.6 Å². The Balaban J connectivity index is 1.37. The summed E-state index contributed by atoms with van der Waals surface area (Å²) in [6.45, 7) is 0. The van der Waals surface area contributed by atoms with Gasteiger partial charge in [0.25, 0.3) is 0 Å². The van der Waals surface area contributed by atoms with Crippen molar-refractivity contribution in [2.75, 3.05) is 5.32 Å². The van der Waals surface area contributed by atoms with E-state index in [2.05, 4.69) is 27.3 Å². The van der Waals surface area contributed by atoms with Crippen LogP contribution in [-0.4, -0.2) is 23.9 Å². The van der Waals surface area contributed by atoms with E-state index in [4.69, 9.17) is 11.6 Å². The van der Waals surface area contributed by atoms with Crippen LogP contribution in [0.15, 0.2) is 42.5 Å². The Morgan fingerprint density at radius 1 is 1.04 bits per heavy atom. The van der Waals surface area contributed by atoms with Gasteiger partial charge in [0.1, 0.15) is 6.29 Å². The van der Waals surface area contributed by atoms with E-state index in [0.29, 0.717) is 12.0 Å². The van der Waals surface area contributed by atoms with Crippen LogP contribution in [0.3, 0.4) is 0 Å². The summed E-state index contributed by atoms with van der Waals surface area (Å²) in [5.74, 6) is 0.659. The number of amides is 2. The van der Waals surface area contributed by atoms with Crippen LogP contribution in [0.4, 0.5) is 10.5 Å². The highest BCUT2D eigenvalue weighted by Gasteiger charge is 2.33. The lowest BCUT2D eigenvalue weighted by Crippen LogP contribution is -2.65. The molecule has 2 aromatic rings. The van der Waals surface area contributed by atoms with E-state index in [1.165, 1.54) is 25.7 Å². The fraction of sp³-hybridized carbons (Fsp3) is 0.450. The highest BCUT2D eigenvalue weighted by molar-refractivity contribution is 6.20. The molecule has 6 heteroatoms. The summed E-state index contributed by atoms with van der Waals surface area (Å²) >= 11 is 6.37. The Morgan fingerprint density at radius 2 is 1.81 bits per heavy atom. The lowest BCUT2D eigenvalue weighted by molar-refractivity contribution is 0.195. The average molecular weight is 373 g/mol. The molecule has 1 saturated carbocycles. The second kappa shape index (κ2) is 7.82.